The molecule has 29 heavy (non-hydrogen) atoms. The molecule has 4 rings (SSSR count). The Morgan fingerprint density at radius 2 is 1.31 bits per heavy atom. The average molecular weight is 390 g/mol. The first-order valence-electron chi connectivity index (χ1n) is 10.4. The third kappa shape index (κ3) is 4.48. The SMILES string of the molecule is N#Cc1ccc(C(=O)N2CCN(c3ccc(N4CCCCCC4)nn3)CC2)cc1. The highest BCUT2D eigenvalue weighted by molar-refractivity contribution is 5.94. The molecule has 1 aromatic carbocycles. The molecule has 2 aliphatic heterocycles. The normalized spacial score (nSPS) is 17.6. The van der Waals surface area contributed by atoms with Crippen molar-refractivity contribution < 1.29 is 4.79 Å². The van der Waals surface area contributed by atoms with Crippen molar-refractivity contribution in [3.63, 3.8) is 0 Å². The number of nitriles is 1. The minimum Gasteiger partial charge on any atom is -0.355 e. The van der Waals surface area contributed by atoms with Gasteiger partial charge in [-0.2, -0.15) is 5.26 Å². The first kappa shape index (κ1) is 19.2. The predicted molar refractivity (Wildman–Crippen MR) is 112 cm³/mol. The second kappa shape index (κ2) is 8.91. The smallest absolute Gasteiger partial charge is 0.253 e. The van der Waals surface area contributed by atoms with E-state index in [2.05, 4.69) is 32.1 Å². The molecule has 2 aromatic rings. The number of carbonyl (C=O) groups excluding carboxylic acids is 1. The van der Waals surface area contributed by atoms with E-state index < -0.39 is 0 Å². The topological polar surface area (TPSA) is 76.4 Å². The lowest BCUT2D eigenvalue weighted by Gasteiger charge is -2.35. The fraction of sp³-hybridized carbons (Fsp3) is 0.455. The van der Waals surface area contributed by atoms with Gasteiger partial charge in [0, 0.05) is 44.8 Å². The summed E-state index contributed by atoms with van der Waals surface area (Å²) in [5.41, 5.74) is 1.19. The molecule has 2 fully saturated rings. The molecule has 0 N–H and O–H groups in total. The van der Waals surface area contributed by atoms with Gasteiger partial charge in [0.25, 0.3) is 5.91 Å². The molecule has 0 spiro atoms. The lowest BCUT2D eigenvalue weighted by molar-refractivity contribution is 0.0746. The molecule has 7 nitrogen and oxygen atoms in total. The summed E-state index contributed by atoms with van der Waals surface area (Å²) in [6.07, 6.45) is 5.04. The zero-order chi connectivity index (χ0) is 20.1. The standard InChI is InChI=1S/C22H26N6O/c23-17-18-5-7-19(8-6-18)22(29)28-15-13-27(14-16-28)21-10-9-20(24-25-21)26-11-3-1-2-4-12-26/h5-10H,1-4,11-16H2. The fourth-order valence-electron chi connectivity index (χ4n) is 3.96. The first-order valence-corrected chi connectivity index (χ1v) is 10.4. The van der Waals surface area contributed by atoms with E-state index in [0.717, 1.165) is 37.8 Å². The maximum atomic E-state index is 12.7. The zero-order valence-electron chi connectivity index (χ0n) is 16.6. The van der Waals surface area contributed by atoms with Crippen LogP contribution in [0.15, 0.2) is 36.4 Å². The van der Waals surface area contributed by atoms with Crippen molar-refractivity contribution in [3.05, 3.63) is 47.5 Å². The molecule has 150 valence electrons. The fourth-order valence-corrected chi connectivity index (χ4v) is 3.96. The summed E-state index contributed by atoms with van der Waals surface area (Å²) in [7, 11) is 0. The van der Waals surface area contributed by atoms with Crippen LogP contribution < -0.4 is 9.80 Å². The third-order valence-corrected chi connectivity index (χ3v) is 5.72. The summed E-state index contributed by atoms with van der Waals surface area (Å²) in [6, 6.07) is 13.0. The Balaban J connectivity index is 1.34. The number of hydrogen-bond donors (Lipinski definition) is 0. The van der Waals surface area contributed by atoms with E-state index >= 15 is 0 Å². The van der Waals surface area contributed by atoms with Crippen LogP contribution in [-0.2, 0) is 0 Å². The van der Waals surface area contributed by atoms with Gasteiger partial charge in [0.05, 0.1) is 11.6 Å². The number of nitrogens with zero attached hydrogens (tertiary/aromatic N) is 6. The Bertz CT molecular complexity index is 858. The molecule has 2 aliphatic rings. The van der Waals surface area contributed by atoms with Crippen molar-refractivity contribution in [2.24, 2.45) is 0 Å². The summed E-state index contributed by atoms with van der Waals surface area (Å²) in [5, 5.41) is 17.8. The number of benzene rings is 1. The van der Waals surface area contributed by atoms with E-state index in [9.17, 15) is 4.79 Å². The van der Waals surface area contributed by atoms with Crippen molar-refractivity contribution in [3.8, 4) is 6.07 Å². The molecule has 0 radical (unpaired) electrons. The van der Waals surface area contributed by atoms with E-state index in [1.54, 1.807) is 24.3 Å². The van der Waals surface area contributed by atoms with Crippen molar-refractivity contribution in [1.29, 1.82) is 5.26 Å². The van der Waals surface area contributed by atoms with Crippen LogP contribution in [0.3, 0.4) is 0 Å². The largest absolute Gasteiger partial charge is 0.355 e. The molecule has 2 saturated heterocycles. The minimum atomic E-state index is 0.0109. The van der Waals surface area contributed by atoms with Crippen LogP contribution in [0.2, 0.25) is 0 Å². The summed E-state index contributed by atoms with van der Waals surface area (Å²) in [6.45, 7) is 4.89. The van der Waals surface area contributed by atoms with Crippen molar-refractivity contribution in [2.45, 2.75) is 25.7 Å². The van der Waals surface area contributed by atoms with Crippen LogP contribution in [0, 0.1) is 11.3 Å². The van der Waals surface area contributed by atoms with Crippen LogP contribution >= 0.6 is 0 Å². The molecule has 0 atom stereocenters. The zero-order valence-corrected chi connectivity index (χ0v) is 16.6. The summed E-state index contributed by atoms with van der Waals surface area (Å²) in [5.74, 6) is 1.84. The molecule has 3 heterocycles. The van der Waals surface area contributed by atoms with Gasteiger partial charge in [0.2, 0.25) is 0 Å². The molecule has 0 saturated carbocycles. The lowest BCUT2D eigenvalue weighted by atomic mass is 10.1. The third-order valence-electron chi connectivity index (χ3n) is 5.72. The number of carbonyl (C=O) groups is 1. The minimum absolute atomic E-state index is 0.0109. The lowest BCUT2D eigenvalue weighted by Crippen LogP contribution is -2.49. The van der Waals surface area contributed by atoms with Gasteiger partial charge in [0.15, 0.2) is 11.6 Å². The van der Waals surface area contributed by atoms with Crippen LogP contribution in [0.4, 0.5) is 11.6 Å². The number of hydrogen-bond acceptors (Lipinski definition) is 6. The Hall–Kier alpha value is -3.14. The molecule has 7 heteroatoms. The molecule has 1 amide bonds. The molecular weight excluding hydrogens is 364 g/mol. The van der Waals surface area contributed by atoms with Gasteiger partial charge in [-0.25, -0.2) is 0 Å². The summed E-state index contributed by atoms with van der Waals surface area (Å²) >= 11 is 0. The van der Waals surface area contributed by atoms with Crippen LogP contribution in [0.1, 0.15) is 41.6 Å². The highest BCUT2D eigenvalue weighted by Crippen LogP contribution is 2.20. The number of anilines is 2. The molecule has 0 aliphatic carbocycles. The maximum absolute atomic E-state index is 12.7. The highest BCUT2D eigenvalue weighted by atomic mass is 16.2. The number of rotatable bonds is 3. The molecule has 0 unspecified atom stereocenters. The average Bonchev–Trinajstić information content (AvgIpc) is 3.09. The highest BCUT2D eigenvalue weighted by Gasteiger charge is 2.23. The van der Waals surface area contributed by atoms with Crippen LogP contribution in [-0.4, -0.2) is 60.3 Å². The van der Waals surface area contributed by atoms with Gasteiger partial charge in [-0.1, -0.05) is 12.8 Å². The molecule has 1 aromatic heterocycles. The van der Waals surface area contributed by atoms with Crippen molar-refractivity contribution >= 4 is 17.5 Å². The van der Waals surface area contributed by atoms with Gasteiger partial charge in [-0.3, -0.25) is 4.79 Å². The van der Waals surface area contributed by atoms with Gasteiger partial charge < -0.3 is 14.7 Å². The van der Waals surface area contributed by atoms with Crippen molar-refractivity contribution in [1.82, 2.24) is 15.1 Å². The van der Waals surface area contributed by atoms with E-state index in [4.69, 9.17) is 5.26 Å². The number of piperazine rings is 1. The van der Waals surface area contributed by atoms with Gasteiger partial charge in [-0.05, 0) is 49.2 Å². The molecule has 0 bridgehead atoms. The van der Waals surface area contributed by atoms with Crippen LogP contribution in [0.5, 0.6) is 0 Å². The van der Waals surface area contributed by atoms with E-state index in [0.29, 0.717) is 24.2 Å². The van der Waals surface area contributed by atoms with Gasteiger partial charge >= 0.3 is 0 Å². The summed E-state index contributed by atoms with van der Waals surface area (Å²) < 4.78 is 0. The second-order valence-corrected chi connectivity index (χ2v) is 7.62. The Labute approximate surface area is 171 Å². The maximum Gasteiger partial charge on any atom is 0.253 e. The predicted octanol–water partition coefficient (Wildman–Crippen LogP) is 2.69. The van der Waals surface area contributed by atoms with E-state index in [-0.39, 0.29) is 5.91 Å². The Morgan fingerprint density at radius 1 is 0.759 bits per heavy atom. The van der Waals surface area contributed by atoms with Crippen molar-refractivity contribution in [2.75, 3.05) is 49.1 Å². The number of amides is 1. The van der Waals surface area contributed by atoms with Crippen LogP contribution in [0.25, 0.3) is 0 Å². The first-order chi connectivity index (χ1) is 14.2. The Morgan fingerprint density at radius 3 is 1.83 bits per heavy atom. The Kier molecular flexibility index (Phi) is 5.89. The second-order valence-electron chi connectivity index (χ2n) is 7.62. The monoisotopic (exact) mass is 390 g/mol. The number of aromatic nitrogens is 2. The quantitative estimate of drug-likeness (QED) is 0.802. The summed E-state index contributed by atoms with van der Waals surface area (Å²) in [4.78, 5) is 19.1. The van der Waals surface area contributed by atoms with Gasteiger partial charge in [-0.15, -0.1) is 10.2 Å². The van der Waals surface area contributed by atoms with E-state index in [1.807, 2.05) is 11.0 Å². The molecular formula is C22H26N6O. The van der Waals surface area contributed by atoms with Gasteiger partial charge in [0.1, 0.15) is 0 Å². The van der Waals surface area contributed by atoms with E-state index in [1.165, 1.54) is 25.7 Å².